The van der Waals surface area contributed by atoms with Gasteiger partial charge in [0, 0.05) is 53.4 Å². The molecule has 1 aliphatic heterocycles. The number of hydrogen-bond acceptors (Lipinski definition) is 3. The SMILES string of the molecule is CN=C(NCCCOC)NCc1ccccc1CN1CCCC1=O. The predicted octanol–water partition coefficient (Wildman–Crippen LogP) is 1.51. The first-order valence-electron chi connectivity index (χ1n) is 8.52. The number of carbonyl (C=O) groups excluding carboxylic acids is 1. The second kappa shape index (κ2) is 9.93. The van der Waals surface area contributed by atoms with Crippen LogP contribution in [0.15, 0.2) is 29.3 Å². The molecule has 6 nitrogen and oxygen atoms in total. The van der Waals surface area contributed by atoms with Gasteiger partial charge in [-0.1, -0.05) is 24.3 Å². The van der Waals surface area contributed by atoms with Gasteiger partial charge in [-0.2, -0.15) is 0 Å². The van der Waals surface area contributed by atoms with E-state index in [1.807, 2.05) is 17.0 Å². The van der Waals surface area contributed by atoms with Crippen LogP contribution in [0.5, 0.6) is 0 Å². The van der Waals surface area contributed by atoms with E-state index in [1.165, 1.54) is 11.1 Å². The van der Waals surface area contributed by atoms with E-state index < -0.39 is 0 Å². The summed E-state index contributed by atoms with van der Waals surface area (Å²) in [5.74, 6) is 1.03. The Hall–Kier alpha value is -2.08. The fourth-order valence-electron chi connectivity index (χ4n) is 2.78. The second-order valence-corrected chi connectivity index (χ2v) is 5.89. The standard InChI is InChI=1S/C18H28N4O2/c1-19-18(20-10-6-12-24-2)21-13-15-7-3-4-8-16(15)14-22-11-5-9-17(22)23/h3-4,7-8H,5-6,9-14H2,1-2H3,(H2,19,20,21). The summed E-state index contributed by atoms with van der Waals surface area (Å²) in [5, 5.41) is 6.60. The van der Waals surface area contributed by atoms with Crippen molar-refractivity contribution in [3.8, 4) is 0 Å². The van der Waals surface area contributed by atoms with Gasteiger partial charge in [-0.3, -0.25) is 9.79 Å². The monoisotopic (exact) mass is 332 g/mol. The number of benzene rings is 1. The smallest absolute Gasteiger partial charge is 0.222 e. The molecule has 1 amide bonds. The van der Waals surface area contributed by atoms with Crippen molar-refractivity contribution in [3.05, 3.63) is 35.4 Å². The highest BCUT2D eigenvalue weighted by Gasteiger charge is 2.20. The van der Waals surface area contributed by atoms with Crippen LogP contribution in [-0.4, -0.2) is 50.6 Å². The van der Waals surface area contributed by atoms with Gasteiger partial charge in [0.05, 0.1) is 0 Å². The quantitative estimate of drug-likeness (QED) is 0.430. The molecule has 0 atom stereocenters. The molecule has 132 valence electrons. The van der Waals surface area contributed by atoms with E-state index in [4.69, 9.17) is 4.74 Å². The lowest BCUT2D eigenvalue weighted by Crippen LogP contribution is -2.37. The zero-order valence-corrected chi connectivity index (χ0v) is 14.7. The molecule has 2 rings (SSSR count). The van der Waals surface area contributed by atoms with Crippen LogP contribution in [0.25, 0.3) is 0 Å². The number of guanidine groups is 1. The van der Waals surface area contributed by atoms with E-state index in [2.05, 4.69) is 27.8 Å². The van der Waals surface area contributed by atoms with Crippen LogP contribution in [0.2, 0.25) is 0 Å². The van der Waals surface area contributed by atoms with E-state index in [0.717, 1.165) is 38.5 Å². The molecule has 6 heteroatoms. The molecule has 1 heterocycles. The predicted molar refractivity (Wildman–Crippen MR) is 95.8 cm³/mol. The van der Waals surface area contributed by atoms with E-state index in [-0.39, 0.29) is 5.91 Å². The molecule has 0 aliphatic carbocycles. The molecule has 1 aliphatic rings. The number of rotatable bonds is 8. The summed E-state index contributed by atoms with van der Waals surface area (Å²) in [7, 11) is 3.47. The van der Waals surface area contributed by atoms with E-state index in [0.29, 0.717) is 19.5 Å². The molecule has 0 spiro atoms. The van der Waals surface area contributed by atoms with Gasteiger partial charge >= 0.3 is 0 Å². The number of amides is 1. The van der Waals surface area contributed by atoms with Crippen LogP contribution in [0.3, 0.4) is 0 Å². The first-order valence-corrected chi connectivity index (χ1v) is 8.52. The molecule has 0 radical (unpaired) electrons. The Morgan fingerprint density at radius 3 is 2.75 bits per heavy atom. The topological polar surface area (TPSA) is 66.0 Å². The molecular formula is C18H28N4O2. The number of likely N-dealkylation sites (tertiary alicyclic amines) is 1. The summed E-state index contributed by atoms with van der Waals surface area (Å²) >= 11 is 0. The van der Waals surface area contributed by atoms with Gasteiger partial charge in [-0.15, -0.1) is 0 Å². The van der Waals surface area contributed by atoms with Gasteiger partial charge in [0.1, 0.15) is 0 Å². The Balaban J connectivity index is 1.88. The highest BCUT2D eigenvalue weighted by atomic mass is 16.5. The van der Waals surface area contributed by atoms with Crippen LogP contribution in [0.1, 0.15) is 30.4 Å². The summed E-state index contributed by atoms with van der Waals surface area (Å²) in [6.07, 6.45) is 2.58. The highest BCUT2D eigenvalue weighted by Crippen LogP contribution is 2.17. The molecular weight excluding hydrogens is 304 g/mol. The molecule has 1 aromatic carbocycles. The number of aliphatic imine (C=N–C) groups is 1. The Bertz CT molecular complexity index is 560. The zero-order chi connectivity index (χ0) is 17.2. The minimum atomic E-state index is 0.258. The van der Waals surface area contributed by atoms with Gasteiger partial charge in [-0.25, -0.2) is 0 Å². The van der Waals surface area contributed by atoms with Crippen molar-refractivity contribution >= 4 is 11.9 Å². The zero-order valence-electron chi connectivity index (χ0n) is 14.7. The average Bonchev–Trinajstić information content (AvgIpc) is 3.00. The average molecular weight is 332 g/mol. The molecule has 0 aromatic heterocycles. The van der Waals surface area contributed by atoms with E-state index >= 15 is 0 Å². The summed E-state index contributed by atoms with van der Waals surface area (Å²) in [4.78, 5) is 18.0. The number of nitrogens with zero attached hydrogens (tertiary/aromatic N) is 2. The van der Waals surface area contributed by atoms with E-state index in [9.17, 15) is 4.79 Å². The van der Waals surface area contributed by atoms with E-state index in [1.54, 1.807) is 14.2 Å². The minimum Gasteiger partial charge on any atom is -0.385 e. The first-order chi connectivity index (χ1) is 11.7. The fourth-order valence-corrected chi connectivity index (χ4v) is 2.78. The number of methoxy groups -OCH3 is 1. The van der Waals surface area contributed by atoms with Crippen LogP contribution >= 0.6 is 0 Å². The fraction of sp³-hybridized carbons (Fsp3) is 0.556. The Kier molecular flexibility index (Phi) is 7.55. The number of nitrogens with one attached hydrogen (secondary N) is 2. The van der Waals surface area contributed by atoms with Crippen LogP contribution in [-0.2, 0) is 22.6 Å². The van der Waals surface area contributed by atoms with Gasteiger partial charge in [-0.05, 0) is 24.0 Å². The Morgan fingerprint density at radius 1 is 1.29 bits per heavy atom. The summed E-state index contributed by atoms with van der Waals surface area (Å²) < 4.78 is 5.04. The number of hydrogen-bond donors (Lipinski definition) is 2. The van der Waals surface area contributed by atoms with Gasteiger partial charge in [0.25, 0.3) is 0 Å². The number of carbonyl (C=O) groups is 1. The Labute approximate surface area is 144 Å². The number of ether oxygens (including phenoxy) is 1. The molecule has 2 N–H and O–H groups in total. The van der Waals surface area contributed by atoms with Crippen LogP contribution < -0.4 is 10.6 Å². The molecule has 1 fully saturated rings. The van der Waals surface area contributed by atoms with Crippen molar-refractivity contribution < 1.29 is 9.53 Å². The first kappa shape index (κ1) is 18.3. The molecule has 0 unspecified atom stereocenters. The Morgan fingerprint density at radius 2 is 2.08 bits per heavy atom. The molecule has 24 heavy (non-hydrogen) atoms. The van der Waals surface area contributed by atoms with Gasteiger partial charge in [0.15, 0.2) is 5.96 Å². The maximum absolute atomic E-state index is 11.8. The summed E-state index contributed by atoms with van der Waals surface area (Å²) in [5.41, 5.74) is 2.38. The lowest BCUT2D eigenvalue weighted by Gasteiger charge is -2.19. The van der Waals surface area contributed by atoms with Gasteiger partial charge in [0.2, 0.25) is 5.91 Å². The minimum absolute atomic E-state index is 0.258. The molecule has 0 bridgehead atoms. The molecule has 1 aromatic rings. The van der Waals surface area contributed by atoms with Crippen LogP contribution in [0.4, 0.5) is 0 Å². The van der Waals surface area contributed by atoms with Crippen molar-refractivity contribution in [1.29, 1.82) is 0 Å². The largest absolute Gasteiger partial charge is 0.385 e. The molecule has 0 saturated carbocycles. The second-order valence-electron chi connectivity index (χ2n) is 5.89. The third-order valence-corrected chi connectivity index (χ3v) is 4.14. The van der Waals surface area contributed by atoms with Crippen molar-refractivity contribution in [2.45, 2.75) is 32.4 Å². The van der Waals surface area contributed by atoms with Crippen molar-refractivity contribution in [1.82, 2.24) is 15.5 Å². The lowest BCUT2D eigenvalue weighted by molar-refractivity contribution is -0.128. The van der Waals surface area contributed by atoms with Crippen molar-refractivity contribution in [2.24, 2.45) is 4.99 Å². The van der Waals surface area contributed by atoms with Crippen molar-refractivity contribution in [2.75, 3.05) is 33.9 Å². The molecule has 1 saturated heterocycles. The van der Waals surface area contributed by atoms with Gasteiger partial charge < -0.3 is 20.3 Å². The highest BCUT2D eigenvalue weighted by molar-refractivity contribution is 5.79. The maximum Gasteiger partial charge on any atom is 0.222 e. The van der Waals surface area contributed by atoms with Crippen LogP contribution in [0, 0.1) is 0 Å². The third-order valence-electron chi connectivity index (χ3n) is 4.14. The van der Waals surface area contributed by atoms with Crippen molar-refractivity contribution in [3.63, 3.8) is 0 Å². The normalized spacial score (nSPS) is 15.0. The maximum atomic E-state index is 11.8. The summed E-state index contributed by atoms with van der Waals surface area (Å²) in [6.45, 7) is 3.79. The summed E-state index contributed by atoms with van der Waals surface area (Å²) in [6, 6.07) is 8.25. The third kappa shape index (κ3) is 5.53. The lowest BCUT2D eigenvalue weighted by atomic mass is 10.1.